The second kappa shape index (κ2) is 8.90. The van der Waals surface area contributed by atoms with Crippen molar-refractivity contribution in [2.24, 2.45) is 5.10 Å². The van der Waals surface area contributed by atoms with Crippen molar-refractivity contribution < 1.29 is 16.8 Å². The number of benzene rings is 2. The summed E-state index contributed by atoms with van der Waals surface area (Å²) in [5.74, 6) is -0.158. The van der Waals surface area contributed by atoms with E-state index in [1.54, 1.807) is 40.7 Å². The van der Waals surface area contributed by atoms with E-state index >= 15 is 0 Å². The van der Waals surface area contributed by atoms with E-state index in [0.717, 1.165) is 19.3 Å². The fourth-order valence-corrected chi connectivity index (χ4v) is 7.28. The molecule has 2 atom stereocenters. The van der Waals surface area contributed by atoms with Crippen LogP contribution in [-0.4, -0.2) is 38.9 Å². The fraction of sp³-hybridized carbons (Fsp3) is 0.381. The third kappa shape index (κ3) is 5.11. The lowest BCUT2D eigenvalue weighted by atomic mass is 9.86. The molecule has 2 aliphatic rings. The Balaban J connectivity index is 1.50. The Morgan fingerprint density at radius 3 is 2.16 bits per heavy atom. The standard InChI is InChI=1S/C21H24ClN3O4S2/c22-17-9-11-21(12-10-17)31(28,29)25-19-7-4-8-20(25)14-18(13-19)23-24-30(26,27)15-16-5-2-1-3-6-16/h1-3,5-6,9-12,19-20,24H,4,7-8,13-15H2. The Kier molecular flexibility index (Phi) is 6.39. The fourth-order valence-electron chi connectivity index (χ4n) is 4.33. The van der Waals surface area contributed by atoms with E-state index in [4.69, 9.17) is 11.6 Å². The van der Waals surface area contributed by atoms with Crippen molar-refractivity contribution in [1.82, 2.24) is 9.14 Å². The maximum Gasteiger partial charge on any atom is 0.251 e. The summed E-state index contributed by atoms with van der Waals surface area (Å²) in [6.45, 7) is 0. The van der Waals surface area contributed by atoms with E-state index in [-0.39, 0.29) is 22.7 Å². The normalized spacial score (nSPS) is 22.2. The molecule has 166 valence electrons. The van der Waals surface area contributed by atoms with Crippen LogP contribution in [0.2, 0.25) is 5.02 Å². The minimum Gasteiger partial charge on any atom is -0.207 e. The van der Waals surface area contributed by atoms with E-state index < -0.39 is 20.0 Å². The molecular weight excluding hydrogens is 458 g/mol. The zero-order valence-corrected chi connectivity index (χ0v) is 19.2. The van der Waals surface area contributed by atoms with Gasteiger partial charge in [-0.25, -0.2) is 21.7 Å². The molecule has 2 heterocycles. The molecule has 7 nitrogen and oxygen atoms in total. The van der Waals surface area contributed by atoms with Gasteiger partial charge >= 0.3 is 0 Å². The quantitative estimate of drug-likeness (QED) is 0.638. The van der Waals surface area contributed by atoms with Crippen LogP contribution in [0.15, 0.2) is 64.6 Å². The summed E-state index contributed by atoms with van der Waals surface area (Å²) in [4.78, 5) is 2.56. The smallest absolute Gasteiger partial charge is 0.207 e. The van der Waals surface area contributed by atoms with Gasteiger partial charge in [0.15, 0.2) is 0 Å². The molecule has 2 saturated heterocycles. The molecule has 0 spiro atoms. The summed E-state index contributed by atoms with van der Waals surface area (Å²) in [5, 5.41) is 4.66. The van der Waals surface area contributed by atoms with Crippen LogP contribution in [0.25, 0.3) is 0 Å². The number of nitrogens with zero attached hydrogens (tertiary/aromatic N) is 2. The average molecular weight is 482 g/mol. The molecule has 2 aliphatic heterocycles. The zero-order chi connectivity index (χ0) is 22.1. The third-order valence-corrected chi connectivity index (χ3v) is 9.02. The molecule has 10 heteroatoms. The number of rotatable bonds is 6. The van der Waals surface area contributed by atoms with Crippen molar-refractivity contribution >= 4 is 37.4 Å². The van der Waals surface area contributed by atoms with E-state index in [1.165, 1.54) is 12.1 Å². The van der Waals surface area contributed by atoms with E-state index in [1.807, 2.05) is 6.07 Å². The molecule has 2 fully saturated rings. The monoisotopic (exact) mass is 481 g/mol. The number of piperidine rings is 2. The van der Waals surface area contributed by atoms with Gasteiger partial charge in [0.2, 0.25) is 10.0 Å². The lowest BCUT2D eigenvalue weighted by Crippen LogP contribution is -2.55. The van der Waals surface area contributed by atoms with Crippen molar-refractivity contribution in [1.29, 1.82) is 0 Å². The van der Waals surface area contributed by atoms with Gasteiger partial charge in [0.25, 0.3) is 10.0 Å². The Labute approximate surface area is 188 Å². The van der Waals surface area contributed by atoms with Crippen LogP contribution in [-0.2, 0) is 25.8 Å². The number of hydrogen-bond acceptors (Lipinski definition) is 5. The number of nitrogens with one attached hydrogen (secondary N) is 1. The van der Waals surface area contributed by atoms with Gasteiger partial charge in [-0.3, -0.25) is 0 Å². The first-order chi connectivity index (χ1) is 14.7. The van der Waals surface area contributed by atoms with Crippen LogP contribution in [0.5, 0.6) is 0 Å². The Hall–Kier alpha value is -1.94. The lowest BCUT2D eigenvalue weighted by molar-refractivity contribution is 0.170. The lowest BCUT2D eigenvalue weighted by Gasteiger charge is -2.45. The zero-order valence-electron chi connectivity index (χ0n) is 16.8. The first-order valence-corrected chi connectivity index (χ1v) is 13.6. The molecule has 0 aromatic heterocycles. The maximum atomic E-state index is 13.3. The van der Waals surface area contributed by atoms with Gasteiger partial charge in [0, 0.05) is 35.7 Å². The molecule has 2 bridgehead atoms. The summed E-state index contributed by atoms with van der Waals surface area (Å²) in [7, 11) is -7.29. The molecular formula is C21H24ClN3O4S2. The predicted molar refractivity (Wildman–Crippen MR) is 121 cm³/mol. The maximum absolute atomic E-state index is 13.3. The van der Waals surface area contributed by atoms with Crippen LogP contribution in [0.4, 0.5) is 0 Å². The van der Waals surface area contributed by atoms with E-state index in [2.05, 4.69) is 9.93 Å². The van der Waals surface area contributed by atoms with Crippen molar-refractivity contribution in [3.8, 4) is 0 Å². The SMILES string of the molecule is O=S(=O)(Cc1ccccc1)NN=C1CC2CCCC(C1)N2S(=O)(=O)c1ccc(Cl)cc1. The van der Waals surface area contributed by atoms with Crippen molar-refractivity contribution in [3.05, 3.63) is 65.2 Å². The number of hydrazone groups is 1. The molecule has 1 N–H and O–H groups in total. The molecule has 0 radical (unpaired) electrons. The number of sulfonamides is 2. The highest BCUT2D eigenvalue weighted by Gasteiger charge is 2.44. The van der Waals surface area contributed by atoms with E-state index in [9.17, 15) is 16.8 Å². The number of halogens is 1. The summed E-state index contributed by atoms with van der Waals surface area (Å²) in [5.41, 5.74) is 1.37. The number of hydrogen-bond donors (Lipinski definition) is 1. The minimum atomic E-state index is -3.66. The Morgan fingerprint density at radius 2 is 1.55 bits per heavy atom. The van der Waals surface area contributed by atoms with Crippen LogP contribution in [0.3, 0.4) is 0 Å². The molecule has 2 aromatic carbocycles. The summed E-state index contributed by atoms with van der Waals surface area (Å²) >= 11 is 5.90. The Morgan fingerprint density at radius 1 is 0.935 bits per heavy atom. The molecule has 4 rings (SSSR count). The Bertz CT molecular complexity index is 1150. The van der Waals surface area contributed by atoms with Gasteiger partial charge in [-0.1, -0.05) is 48.4 Å². The van der Waals surface area contributed by atoms with Gasteiger partial charge in [-0.15, -0.1) is 0 Å². The first kappa shape index (κ1) is 22.3. The van der Waals surface area contributed by atoms with Gasteiger partial charge in [-0.05, 0) is 42.7 Å². The molecule has 0 saturated carbocycles. The minimum absolute atomic E-state index is 0.158. The average Bonchev–Trinajstić information content (AvgIpc) is 2.72. The van der Waals surface area contributed by atoms with Crippen molar-refractivity contribution in [2.75, 3.05) is 0 Å². The molecule has 0 aliphatic carbocycles. The predicted octanol–water partition coefficient (Wildman–Crippen LogP) is 3.52. The third-order valence-electron chi connectivity index (χ3n) is 5.67. The molecule has 0 amide bonds. The van der Waals surface area contributed by atoms with Gasteiger partial charge in [-0.2, -0.15) is 9.41 Å². The van der Waals surface area contributed by atoms with Gasteiger partial charge in [0.1, 0.15) is 0 Å². The second-order valence-corrected chi connectivity index (χ2v) is 11.9. The van der Waals surface area contributed by atoms with Crippen LogP contribution in [0, 0.1) is 0 Å². The number of fused-ring (bicyclic) bond motifs is 2. The van der Waals surface area contributed by atoms with Crippen molar-refractivity contribution in [2.45, 2.75) is 54.8 Å². The highest BCUT2D eigenvalue weighted by molar-refractivity contribution is 7.89. The van der Waals surface area contributed by atoms with E-state index in [0.29, 0.717) is 29.1 Å². The highest BCUT2D eigenvalue weighted by atomic mass is 35.5. The van der Waals surface area contributed by atoms with Gasteiger partial charge in [0.05, 0.1) is 10.6 Å². The molecule has 2 unspecified atom stereocenters. The van der Waals surface area contributed by atoms with Crippen LogP contribution in [0.1, 0.15) is 37.7 Å². The largest absolute Gasteiger partial charge is 0.251 e. The van der Waals surface area contributed by atoms with Crippen molar-refractivity contribution in [3.63, 3.8) is 0 Å². The van der Waals surface area contributed by atoms with Crippen LogP contribution >= 0.6 is 11.6 Å². The molecule has 31 heavy (non-hydrogen) atoms. The highest BCUT2D eigenvalue weighted by Crippen LogP contribution is 2.37. The first-order valence-electron chi connectivity index (χ1n) is 10.1. The van der Waals surface area contributed by atoms with Crippen LogP contribution < -0.4 is 4.83 Å². The van der Waals surface area contributed by atoms with Gasteiger partial charge < -0.3 is 0 Å². The summed E-state index contributed by atoms with van der Waals surface area (Å²) < 4.78 is 52.9. The summed E-state index contributed by atoms with van der Waals surface area (Å²) in [6, 6.07) is 14.6. The summed E-state index contributed by atoms with van der Waals surface area (Å²) in [6.07, 6.45) is 3.21. The topological polar surface area (TPSA) is 95.9 Å². The molecule has 2 aromatic rings. The second-order valence-electron chi connectivity index (χ2n) is 7.95.